The van der Waals surface area contributed by atoms with Crippen molar-refractivity contribution in [2.45, 2.75) is 311 Å². The van der Waals surface area contributed by atoms with Crippen molar-refractivity contribution >= 4 is 23.6 Å². The summed E-state index contributed by atoms with van der Waals surface area (Å²) in [7, 11) is 0. The van der Waals surface area contributed by atoms with E-state index in [9.17, 15) is 142 Å². The Balaban J connectivity index is 1.04. The molecule has 9 aliphatic heterocycles. The van der Waals surface area contributed by atoms with Crippen LogP contribution < -0.4 is 21.3 Å². The fourth-order valence-corrected chi connectivity index (χ4v) is 14.3. The van der Waals surface area contributed by atoms with Crippen LogP contribution in [-0.4, -0.2) is 475 Å². The standard InChI is InChI=1S/C62H104N4O45/c1-14-31(77)41(87)44(90)58(97-14)96-13-26-50(38(84)27(54(94)98-26)63-15(2)73)107-56-29(65-17(4)75)40(86)49(24(11-72)103-56)108-61-47(93)52(36(82)25(105-61)12-95-59-46(92)51(35(81)22(9-70)100-59)109-60-45(91)42(88)33(79)20(7-68)101-60)110-62-53(43(89)34(80)21(8-69)102-62)111-57-30(66-18(5)76)39(85)48(23(10-71)104-57)106-55-28(64-16(3)74)37(83)32(78)19(6-67)99-55/h14,19-62,67-72,77-94H,6-13H2,1-5H3,(H,63,73)(H,64,74)(H,65,75)(H,66,76)/t14-,19+,20+,21+,22+,23+,24+,25+,26+,27+,28+,29+,30+,31+,32-,33+,34+,35+,36+,37+,38+,39+,40+,41+,42-,43-,44-,45-,46-,47-,48+,49+,50+,51-,52-,53-,54?,55-,56-,57-,58+,59-,60+,61-,62+/m0/s1. The second-order valence-corrected chi connectivity index (χ2v) is 28.2. The molecule has 0 radical (unpaired) electrons. The maximum atomic E-state index is 13.2. The molecule has 0 spiro atoms. The van der Waals surface area contributed by atoms with E-state index >= 15 is 0 Å². The Morgan fingerprint density at radius 1 is 0.252 bits per heavy atom. The van der Waals surface area contributed by atoms with E-state index in [2.05, 4.69) is 21.3 Å². The van der Waals surface area contributed by atoms with Crippen molar-refractivity contribution in [3.63, 3.8) is 0 Å². The Hall–Kier alpha value is -3.76. The lowest BCUT2D eigenvalue weighted by Gasteiger charge is -2.51. The molecule has 28 N–H and O–H groups in total. The lowest BCUT2D eigenvalue weighted by Crippen LogP contribution is -2.71. The first kappa shape index (κ1) is 91.1. The topological polar surface area (TPSA) is 759 Å². The number of nitrogens with one attached hydrogen (secondary N) is 4. The highest BCUT2D eigenvalue weighted by molar-refractivity contribution is 5.74. The molecule has 9 rings (SSSR count). The van der Waals surface area contributed by atoms with Gasteiger partial charge < -0.3 is 224 Å². The minimum absolute atomic E-state index is 0.803. The highest BCUT2D eigenvalue weighted by atomic mass is 16.8. The van der Waals surface area contributed by atoms with Crippen LogP contribution in [0.1, 0.15) is 34.6 Å². The van der Waals surface area contributed by atoms with E-state index in [0.29, 0.717) is 0 Å². The lowest BCUT2D eigenvalue weighted by atomic mass is 9.93. The average Bonchev–Trinajstić information content (AvgIpc) is 0.770. The Morgan fingerprint density at radius 2 is 0.550 bits per heavy atom. The number of carbonyl (C=O) groups excluding carboxylic acids is 4. The zero-order valence-corrected chi connectivity index (χ0v) is 59.9. The van der Waals surface area contributed by atoms with Gasteiger partial charge in [0.15, 0.2) is 56.6 Å². The van der Waals surface area contributed by atoms with Crippen molar-refractivity contribution in [2.75, 3.05) is 52.9 Å². The molecule has 0 aliphatic carbocycles. The summed E-state index contributed by atoms with van der Waals surface area (Å²) < 4.78 is 100. The second kappa shape index (κ2) is 39.7. The Morgan fingerprint density at radius 3 is 1.04 bits per heavy atom. The van der Waals surface area contributed by atoms with E-state index in [0.717, 1.165) is 27.7 Å². The quantitative estimate of drug-likeness (QED) is 0.0346. The van der Waals surface area contributed by atoms with E-state index in [-0.39, 0.29) is 0 Å². The third-order valence-electron chi connectivity index (χ3n) is 20.3. The van der Waals surface area contributed by atoms with Crippen LogP contribution in [0.2, 0.25) is 0 Å². The molecule has 111 heavy (non-hydrogen) atoms. The number of carbonyl (C=O) groups is 4. The van der Waals surface area contributed by atoms with Crippen molar-refractivity contribution in [1.29, 1.82) is 0 Å². The molecule has 0 aromatic heterocycles. The predicted molar refractivity (Wildman–Crippen MR) is 342 cm³/mol. The van der Waals surface area contributed by atoms with Crippen molar-refractivity contribution < 1.29 is 222 Å². The molecule has 642 valence electrons. The van der Waals surface area contributed by atoms with Crippen LogP contribution in [0.15, 0.2) is 0 Å². The maximum absolute atomic E-state index is 13.2. The fourth-order valence-electron chi connectivity index (χ4n) is 14.3. The summed E-state index contributed by atoms with van der Waals surface area (Å²) in [6, 6.07) is -7.31. The van der Waals surface area contributed by atoms with Gasteiger partial charge in [0.05, 0.1) is 59.0 Å². The molecule has 1 unspecified atom stereocenters. The number of rotatable bonds is 28. The summed E-state index contributed by atoms with van der Waals surface area (Å²) in [5.41, 5.74) is 0. The second-order valence-electron chi connectivity index (χ2n) is 28.2. The van der Waals surface area contributed by atoms with Crippen molar-refractivity contribution in [1.82, 2.24) is 21.3 Å². The van der Waals surface area contributed by atoms with Gasteiger partial charge in [-0.2, -0.15) is 0 Å². The highest BCUT2D eigenvalue weighted by Gasteiger charge is 2.61. The van der Waals surface area contributed by atoms with Crippen LogP contribution in [0.5, 0.6) is 0 Å². The molecule has 45 atom stereocenters. The molecular formula is C62H104N4O45. The minimum atomic E-state index is -2.56. The van der Waals surface area contributed by atoms with Gasteiger partial charge in [-0.05, 0) is 6.92 Å². The number of amides is 4. The Labute approximate surface area is 629 Å². The molecule has 9 fully saturated rings. The molecule has 0 bridgehead atoms. The Kier molecular flexibility index (Phi) is 32.6. The molecular weight excluding hydrogens is 1520 g/mol. The number of ether oxygens (including phenoxy) is 17. The number of aliphatic hydroxyl groups is 24. The molecule has 9 heterocycles. The molecule has 49 heteroatoms. The summed E-state index contributed by atoms with van der Waals surface area (Å²) in [6.45, 7) is -3.27. The normalized spacial score (nSPS) is 49.3. The van der Waals surface area contributed by atoms with Gasteiger partial charge in [0.1, 0.15) is 213 Å². The zero-order valence-electron chi connectivity index (χ0n) is 59.9. The van der Waals surface area contributed by atoms with Gasteiger partial charge >= 0.3 is 0 Å². The number of aliphatic hydroxyl groups excluding tert-OH is 24. The van der Waals surface area contributed by atoms with E-state index in [1.165, 1.54) is 6.92 Å². The summed E-state index contributed by atoms with van der Waals surface area (Å²) in [5, 5.41) is 276. The summed E-state index contributed by atoms with van der Waals surface area (Å²) in [6.07, 6.45) is -83.0. The number of hydrogen-bond acceptors (Lipinski definition) is 45. The van der Waals surface area contributed by atoms with Crippen LogP contribution in [0.25, 0.3) is 0 Å². The maximum Gasteiger partial charge on any atom is 0.217 e. The molecule has 0 aromatic carbocycles. The first-order valence-corrected chi connectivity index (χ1v) is 35.5. The summed E-state index contributed by atoms with van der Waals surface area (Å²) in [4.78, 5) is 50.9. The molecule has 4 amide bonds. The van der Waals surface area contributed by atoms with Crippen molar-refractivity contribution in [3.8, 4) is 0 Å². The third kappa shape index (κ3) is 20.3. The van der Waals surface area contributed by atoms with E-state index < -0.39 is 353 Å². The van der Waals surface area contributed by atoms with Gasteiger partial charge in [-0.15, -0.1) is 0 Å². The van der Waals surface area contributed by atoms with Crippen LogP contribution in [0.3, 0.4) is 0 Å². The van der Waals surface area contributed by atoms with Crippen LogP contribution in [0, 0.1) is 0 Å². The molecule has 9 saturated heterocycles. The van der Waals surface area contributed by atoms with Crippen LogP contribution in [0.4, 0.5) is 0 Å². The van der Waals surface area contributed by atoms with Crippen LogP contribution >= 0.6 is 0 Å². The SMILES string of the molecule is CC(=O)N[C@H]1[C@H](O[C@H]2[C@H](O)[C@@H](NC(C)=O)C(O)O[C@@H]2CO[C@@H]2O[C@@H](C)[C@@H](O)[C@@H](O)[C@@H]2O)O[C@H](CO)[C@@H](O[C@@H]2O[C@H](CO[C@H]3O[C@H](CO)[C@@H](O)[C@H](O[C@H]4O[C@H](CO)[C@@H](O)[C@H](O)[C@@H]4O)[C@@H]3O)[C@@H](O)[C@H](O[C@H]3O[C@H](CO)[C@@H](O)[C@H](O)[C@@H]3O[C@@H]3O[C@H](CO)[C@@H](O[C@@H]4O[C@H](CO)[C@H](O)[C@H](O)[C@H]4NC(C)=O)[C@H](O)[C@H]3NC(C)=O)[C@@H]2O)[C@@H]1O. The average molecular weight is 1630 g/mol. The predicted octanol–water partition coefficient (Wildman–Crippen LogP) is -19.0. The molecule has 49 nitrogen and oxygen atoms in total. The minimum Gasteiger partial charge on any atom is -0.394 e. The molecule has 0 saturated carbocycles. The van der Waals surface area contributed by atoms with E-state index in [4.69, 9.17) is 80.5 Å². The van der Waals surface area contributed by atoms with Gasteiger partial charge in [-0.3, -0.25) is 19.2 Å². The summed E-state index contributed by atoms with van der Waals surface area (Å²) >= 11 is 0. The van der Waals surface area contributed by atoms with Gasteiger partial charge in [-0.25, -0.2) is 0 Å². The van der Waals surface area contributed by atoms with Gasteiger partial charge in [0.25, 0.3) is 0 Å². The van der Waals surface area contributed by atoms with Gasteiger partial charge in [0.2, 0.25) is 23.6 Å². The monoisotopic (exact) mass is 1620 g/mol. The van der Waals surface area contributed by atoms with E-state index in [1.807, 2.05) is 0 Å². The Bertz CT molecular complexity index is 2950. The fraction of sp³-hybridized carbons (Fsp3) is 0.935. The zero-order chi connectivity index (χ0) is 81.8. The molecule has 0 aromatic rings. The highest BCUT2D eigenvalue weighted by Crippen LogP contribution is 2.40. The van der Waals surface area contributed by atoms with E-state index in [1.54, 1.807) is 0 Å². The summed E-state index contributed by atoms with van der Waals surface area (Å²) in [5.74, 6) is -3.54. The number of hydrogen-bond donors (Lipinski definition) is 28. The van der Waals surface area contributed by atoms with Crippen molar-refractivity contribution in [3.05, 3.63) is 0 Å². The smallest absolute Gasteiger partial charge is 0.217 e. The van der Waals surface area contributed by atoms with Crippen molar-refractivity contribution in [2.24, 2.45) is 0 Å². The van der Waals surface area contributed by atoms with Gasteiger partial charge in [0, 0.05) is 27.7 Å². The third-order valence-corrected chi connectivity index (χ3v) is 20.3. The van der Waals surface area contributed by atoms with Crippen LogP contribution in [-0.2, 0) is 99.7 Å². The van der Waals surface area contributed by atoms with Gasteiger partial charge in [-0.1, -0.05) is 0 Å². The lowest BCUT2D eigenvalue weighted by molar-refractivity contribution is -0.397. The largest absolute Gasteiger partial charge is 0.394 e. The first-order chi connectivity index (χ1) is 52.4. The molecule has 9 aliphatic rings. The first-order valence-electron chi connectivity index (χ1n) is 35.5.